The molecule has 1 saturated carbocycles. The van der Waals surface area contributed by atoms with Crippen LogP contribution in [0, 0.1) is 12.3 Å². The molecule has 70 valence electrons. The Morgan fingerprint density at radius 2 is 2.23 bits per heavy atom. The van der Waals surface area contributed by atoms with E-state index in [1.807, 2.05) is 6.92 Å². The summed E-state index contributed by atoms with van der Waals surface area (Å²) in [6.07, 6.45) is 4.80. The Bertz CT molecular complexity index is 352. The van der Waals surface area contributed by atoms with Gasteiger partial charge in [0.15, 0.2) is 0 Å². The van der Waals surface area contributed by atoms with Crippen molar-refractivity contribution in [3.8, 4) is 0 Å². The third-order valence-electron chi connectivity index (χ3n) is 3.70. The highest BCUT2D eigenvalue weighted by atomic mass is 16.5. The molecule has 1 aromatic rings. The summed E-state index contributed by atoms with van der Waals surface area (Å²) < 4.78 is 5.25. The topological polar surface area (TPSA) is 52.0 Å². The Balaban J connectivity index is 2.11. The van der Waals surface area contributed by atoms with Crippen LogP contribution < -0.4 is 5.73 Å². The lowest BCUT2D eigenvalue weighted by molar-refractivity contribution is 0.305. The molecule has 13 heavy (non-hydrogen) atoms. The highest BCUT2D eigenvalue weighted by Gasteiger charge is 2.52. The van der Waals surface area contributed by atoms with Crippen LogP contribution in [0.25, 0.3) is 0 Å². The Kier molecular flexibility index (Phi) is 1.25. The number of aromatic nitrogens is 1. The number of hydrogen-bond acceptors (Lipinski definition) is 3. The lowest BCUT2D eigenvalue weighted by atomic mass is 9.80. The molecular weight excluding hydrogens is 164 g/mol. The molecule has 3 heteroatoms. The Morgan fingerprint density at radius 3 is 2.92 bits per heavy atom. The molecule has 1 aromatic heterocycles. The van der Waals surface area contributed by atoms with Crippen LogP contribution in [-0.4, -0.2) is 5.16 Å². The van der Waals surface area contributed by atoms with Crippen LogP contribution in [-0.2, 0) is 6.42 Å². The van der Waals surface area contributed by atoms with Crippen LogP contribution in [0.3, 0.4) is 0 Å². The molecule has 1 fully saturated rings. The molecule has 1 spiro atoms. The summed E-state index contributed by atoms with van der Waals surface area (Å²) in [4.78, 5) is 0. The van der Waals surface area contributed by atoms with Gasteiger partial charge in [0.25, 0.3) is 0 Å². The third kappa shape index (κ3) is 0.854. The Labute approximate surface area is 77.3 Å². The third-order valence-corrected chi connectivity index (χ3v) is 3.70. The van der Waals surface area contributed by atoms with Gasteiger partial charge in [0.2, 0.25) is 0 Å². The molecule has 0 amide bonds. The number of hydrogen-bond donors (Lipinski definition) is 1. The summed E-state index contributed by atoms with van der Waals surface area (Å²) in [5.74, 6) is 1.03. The molecule has 2 aliphatic carbocycles. The van der Waals surface area contributed by atoms with Crippen LogP contribution >= 0.6 is 0 Å². The summed E-state index contributed by atoms with van der Waals surface area (Å²) in [5.41, 5.74) is 8.84. The van der Waals surface area contributed by atoms with Gasteiger partial charge >= 0.3 is 0 Å². The largest absolute Gasteiger partial charge is 0.361 e. The van der Waals surface area contributed by atoms with E-state index in [0.717, 1.165) is 17.9 Å². The first-order chi connectivity index (χ1) is 6.23. The SMILES string of the molecule is Cc1noc2c1C(N)C1(CC2)CC1. The minimum Gasteiger partial charge on any atom is -0.361 e. The van der Waals surface area contributed by atoms with Crippen molar-refractivity contribution >= 4 is 0 Å². The van der Waals surface area contributed by atoms with Crippen molar-refractivity contribution < 1.29 is 4.52 Å². The van der Waals surface area contributed by atoms with Crippen LogP contribution in [0.2, 0.25) is 0 Å². The zero-order chi connectivity index (χ0) is 9.05. The summed E-state index contributed by atoms with van der Waals surface area (Å²) >= 11 is 0. The van der Waals surface area contributed by atoms with Crippen molar-refractivity contribution in [3.63, 3.8) is 0 Å². The van der Waals surface area contributed by atoms with Crippen molar-refractivity contribution in [1.82, 2.24) is 5.16 Å². The van der Waals surface area contributed by atoms with Gasteiger partial charge in [-0.15, -0.1) is 0 Å². The van der Waals surface area contributed by atoms with Crippen molar-refractivity contribution in [2.24, 2.45) is 11.1 Å². The number of fused-ring (bicyclic) bond motifs is 1. The van der Waals surface area contributed by atoms with E-state index in [9.17, 15) is 0 Å². The fourth-order valence-corrected chi connectivity index (χ4v) is 2.55. The number of nitrogens with two attached hydrogens (primary N) is 1. The van der Waals surface area contributed by atoms with E-state index < -0.39 is 0 Å². The fraction of sp³-hybridized carbons (Fsp3) is 0.700. The van der Waals surface area contributed by atoms with Crippen LogP contribution in [0.1, 0.15) is 42.3 Å². The smallest absolute Gasteiger partial charge is 0.141 e. The first-order valence-electron chi connectivity index (χ1n) is 4.94. The van der Waals surface area contributed by atoms with Crippen molar-refractivity contribution in [1.29, 1.82) is 0 Å². The van der Waals surface area contributed by atoms with Gasteiger partial charge in [-0.1, -0.05) is 5.16 Å². The standard InChI is InChI=1S/C10H14N2O/c1-6-8-7(13-12-6)2-3-10(4-5-10)9(8)11/h9H,2-5,11H2,1H3. The van der Waals surface area contributed by atoms with E-state index in [2.05, 4.69) is 5.16 Å². The van der Waals surface area contributed by atoms with Gasteiger partial charge < -0.3 is 10.3 Å². The highest BCUT2D eigenvalue weighted by Crippen LogP contribution is 2.60. The summed E-state index contributed by atoms with van der Waals surface area (Å²) in [7, 11) is 0. The summed E-state index contributed by atoms with van der Waals surface area (Å²) in [6, 6.07) is 0.183. The second kappa shape index (κ2) is 2.15. The minimum absolute atomic E-state index is 0.183. The average Bonchev–Trinajstić information content (AvgIpc) is 2.80. The number of aryl methyl sites for hydroxylation is 2. The number of nitrogens with zero attached hydrogens (tertiary/aromatic N) is 1. The molecule has 1 atom stereocenters. The molecule has 0 bridgehead atoms. The molecule has 1 unspecified atom stereocenters. The highest BCUT2D eigenvalue weighted by molar-refractivity contribution is 5.33. The van der Waals surface area contributed by atoms with Crippen LogP contribution in [0.4, 0.5) is 0 Å². The molecule has 3 rings (SSSR count). The molecule has 1 heterocycles. The van der Waals surface area contributed by atoms with E-state index >= 15 is 0 Å². The van der Waals surface area contributed by atoms with E-state index in [1.165, 1.54) is 24.8 Å². The maximum absolute atomic E-state index is 6.23. The first kappa shape index (κ1) is 7.56. The van der Waals surface area contributed by atoms with Gasteiger partial charge in [-0.2, -0.15) is 0 Å². The van der Waals surface area contributed by atoms with E-state index in [1.54, 1.807) is 0 Å². The monoisotopic (exact) mass is 178 g/mol. The zero-order valence-electron chi connectivity index (χ0n) is 7.84. The predicted molar refractivity (Wildman–Crippen MR) is 48.2 cm³/mol. The second-order valence-electron chi connectivity index (χ2n) is 4.44. The van der Waals surface area contributed by atoms with Gasteiger partial charge in [0.1, 0.15) is 5.76 Å². The Hall–Kier alpha value is -0.830. The molecular formula is C10H14N2O. The summed E-state index contributed by atoms with van der Waals surface area (Å²) in [6.45, 7) is 1.99. The molecule has 3 nitrogen and oxygen atoms in total. The molecule has 0 saturated heterocycles. The lowest BCUT2D eigenvalue weighted by Gasteiger charge is -2.27. The van der Waals surface area contributed by atoms with Gasteiger partial charge in [-0.3, -0.25) is 0 Å². The fourth-order valence-electron chi connectivity index (χ4n) is 2.55. The molecule has 0 aliphatic heterocycles. The number of rotatable bonds is 0. The maximum atomic E-state index is 6.23. The van der Waals surface area contributed by atoms with Gasteiger partial charge in [-0.25, -0.2) is 0 Å². The van der Waals surface area contributed by atoms with Gasteiger partial charge in [0, 0.05) is 18.0 Å². The average molecular weight is 178 g/mol. The molecule has 2 aliphatic rings. The summed E-state index contributed by atoms with van der Waals surface area (Å²) in [5, 5.41) is 3.99. The minimum atomic E-state index is 0.183. The van der Waals surface area contributed by atoms with Gasteiger partial charge in [0.05, 0.1) is 5.69 Å². The van der Waals surface area contributed by atoms with Crippen molar-refractivity contribution in [2.45, 2.75) is 38.6 Å². The van der Waals surface area contributed by atoms with Crippen LogP contribution in [0.15, 0.2) is 4.52 Å². The predicted octanol–water partition coefficient (Wildman–Crippen LogP) is 1.71. The van der Waals surface area contributed by atoms with Crippen molar-refractivity contribution in [2.75, 3.05) is 0 Å². The normalized spacial score (nSPS) is 28.9. The first-order valence-corrected chi connectivity index (χ1v) is 4.94. The van der Waals surface area contributed by atoms with E-state index in [-0.39, 0.29) is 6.04 Å². The second-order valence-corrected chi connectivity index (χ2v) is 4.44. The molecule has 2 N–H and O–H groups in total. The maximum Gasteiger partial charge on any atom is 0.141 e. The molecule has 0 radical (unpaired) electrons. The lowest BCUT2D eigenvalue weighted by Crippen LogP contribution is -2.28. The quantitative estimate of drug-likeness (QED) is 0.658. The van der Waals surface area contributed by atoms with Gasteiger partial charge in [-0.05, 0) is 31.6 Å². The van der Waals surface area contributed by atoms with Crippen LogP contribution in [0.5, 0.6) is 0 Å². The van der Waals surface area contributed by atoms with E-state index in [4.69, 9.17) is 10.3 Å². The Morgan fingerprint density at radius 1 is 1.46 bits per heavy atom. The van der Waals surface area contributed by atoms with E-state index in [0.29, 0.717) is 5.41 Å². The zero-order valence-corrected chi connectivity index (χ0v) is 7.84. The molecule has 0 aromatic carbocycles. The van der Waals surface area contributed by atoms with Crippen molar-refractivity contribution in [3.05, 3.63) is 17.0 Å².